The van der Waals surface area contributed by atoms with Crippen LogP contribution in [0.2, 0.25) is 0 Å². The van der Waals surface area contributed by atoms with Crippen molar-refractivity contribution in [1.29, 1.82) is 0 Å². The number of nitrogens with zero attached hydrogens (tertiary/aromatic N) is 1. The van der Waals surface area contributed by atoms with Crippen molar-refractivity contribution in [3.05, 3.63) is 29.8 Å². The van der Waals surface area contributed by atoms with Gasteiger partial charge in [0.25, 0.3) is 0 Å². The molecule has 23 heavy (non-hydrogen) atoms. The van der Waals surface area contributed by atoms with Crippen LogP contribution in [0.3, 0.4) is 0 Å². The second-order valence-corrected chi connectivity index (χ2v) is 5.75. The first kappa shape index (κ1) is 17.3. The maximum Gasteiger partial charge on any atom is 0.246 e. The molecule has 0 radical (unpaired) electrons. The highest BCUT2D eigenvalue weighted by Gasteiger charge is 2.18. The van der Waals surface area contributed by atoms with Gasteiger partial charge in [-0.3, -0.25) is 4.79 Å². The van der Waals surface area contributed by atoms with E-state index in [0.29, 0.717) is 6.61 Å². The van der Waals surface area contributed by atoms with E-state index in [1.165, 1.54) is 0 Å². The third kappa shape index (κ3) is 4.99. The molecule has 0 unspecified atom stereocenters. The Labute approximate surface area is 138 Å². The first-order valence-corrected chi connectivity index (χ1v) is 8.17. The zero-order valence-electron chi connectivity index (χ0n) is 14.0. The van der Waals surface area contributed by atoms with Gasteiger partial charge in [-0.15, -0.1) is 0 Å². The second-order valence-electron chi connectivity index (χ2n) is 5.75. The Balaban J connectivity index is 2.06. The van der Waals surface area contributed by atoms with Crippen LogP contribution in [-0.4, -0.2) is 43.7 Å². The average Bonchev–Trinajstić information content (AvgIpc) is 2.58. The van der Waals surface area contributed by atoms with Crippen molar-refractivity contribution in [2.24, 2.45) is 5.73 Å². The molecule has 1 aromatic carbocycles. The molecule has 1 aliphatic heterocycles. The molecular formula is C18H26N2O3. The van der Waals surface area contributed by atoms with Gasteiger partial charge in [0.05, 0.1) is 13.7 Å². The lowest BCUT2D eigenvalue weighted by Crippen LogP contribution is -2.42. The van der Waals surface area contributed by atoms with Crippen LogP contribution >= 0.6 is 0 Å². The molecule has 2 rings (SSSR count). The Hall–Kier alpha value is -2.01. The van der Waals surface area contributed by atoms with Crippen molar-refractivity contribution < 1.29 is 14.3 Å². The molecule has 0 bridgehead atoms. The summed E-state index contributed by atoms with van der Waals surface area (Å²) in [5.74, 6) is 1.50. The van der Waals surface area contributed by atoms with Crippen molar-refractivity contribution in [2.75, 3.05) is 26.8 Å². The van der Waals surface area contributed by atoms with Crippen LogP contribution < -0.4 is 15.2 Å². The summed E-state index contributed by atoms with van der Waals surface area (Å²) in [6.45, 7) is 4.14. The van der Waals surface area contributed by atoms with E-state index in [9.17, 15) is 4.79 Å². The van der Waals surface area contributed by atoms with Crippen LogP contribution in [-0.2, 0) is 4.79 Å². The Kier molecular flexibility index (Phi) is 6.47. The normalized spacial score (nSPS) is 15.9. The fourth-order valence-electron chi connectivity index (χ4n) is 2.50. The number of nitrogens with two attached hydrogens (primary N) is 1. The van der Waals surface area contributed by atoms with Gasteiger partial charge in [0.2, 0.25) is 5.91 Å². The smallest absolute Gasteiger partial charge is 0.246 e. The molecule has 126 valence electrons. The lowest BCUT2D eigenvalue weighted by atomic mass is 10.1. The molecule has 1 aliphatic rings. The molecule has 2 N–H and O–H groups in total. The minimum absolute atomic E-state index is 0.0224. The van der Waals surface area contributed by atoms with Gasteiger partial charge >= 0.3 is 0 Å². The van der Waals surface area contributed by atoms with E-state index in [-0.39, 0.29) is 11.9 Å². The van der Waals surface area contributed by atoms with E-state index in [2.05, 4.69) is 6.92 Å². The van der Waals surface area contributed by atoms with E-state index in [1.54, 1.807) is 19.3 Å². The number of piperidine rings is 1. The number of likely N-dealkylation sites (tertiary alicyclic amines) is 1. The van der Waals surface area contributed by atoms with Crippen molar-refractivity contribution in [1.82, 2.24) is 4.90 Å². The number of hydrogen-bond donors (Lipinski definition) is 1. The summed E-state index contributed by atoms with van der Waals surface area (Å²) in [7, 11) is 1.62. The summed E-state index contributed by atoms with van der Waals surface area (Å²) >= 11 is 0. The second kappa shape index (κ2) is 8.58. The van der Waals surface area contributed by atoms with Crippen LogP contribution in [0.4, 0.5) is 0 Å². The van der Waals surface area contributed by atoms with Crippen molar-refractivity contribution in [2.45, 2.75) is 32.2 Å². The van der Waals surface area contributed by atoms with E-state index in [4.69, 9.17) is 15.2 Å². The number of carbonyl (C=O) groups excluding carboxylic acids is 1. The molecule has 0 atom stereocenters. The van der Waals surface area contributed by atoms with Gasteiger partial charge < -0.3 is 20.1 Å². The van der Waals surface area contributed by atoms with Crippen LogP contribution in [0.5, 0.6) is 11.5 Å². The predicted molar refractivity (Wildman–Crippen MR) is 91.6 cm³/mol. The van der Waals surface area contributed by atoms with Crippen LogP contribution in [0.1, 0.15) is 31.7 Å². The lowest BCUT2D eigenvalue weighted by Gasteiger charge is -2.29. The number of hydrogen-bond acceptors (Lipinski definition) is 4. The summed E-state index contributed by atoms with van der Waals surface area (Å²) in [6.07, 6.45) is 6.08. The maximum absolute atomic E-state index is 12.3. The third-order valence-electron chi connectivity index (χ3n) is 3.94. The van der Waals surface area contributed by atoms with Gasteiger partial charge in [-0.1, -0.05) is 6.92 Å². The molecule has 0 spiro atoms. The van der Waals surface area contributed by atoms with E-state index in [0.717, 1.165) is 49.4 Å². The standard InChI is InChI=1S/C18H26N2O3/c1-3-12-23-17-13-16(22-2)6-4-14(17)5-7-18(21)20-10-8-15(19)9-11-20/h4-7,13,15H,3,8-12,19H2,1-2H3/b7-5+. The molecule has 0 aromatic heterocycles. The molecule has 0 aliphatic carbocycles. The van der Waals surface area contributed by atoms with Crippen LogP contribution in [0, 0.1) is 0 Å². The van der Waals surface area contributed by atoms with Crippen LogP contribution in [0.25, 0.3) is 6.08 Å². The molecule has 5 nitrogen and oxygen atoms in total. The molecule has 0 saturated carbocycles. The Morgan fingerprint density at radius 1 is 1.39 bits per heavy atom. The fraction of sp³-hybridized carbons (Fsp3) is 0.500. The summed E-state index contributed by atoms with van der Waals surface area (Å²) in [5.41, 5.74) is 6.75. The zero-order valence-corrected chi connectivity index (χ0v) is 14.0. The van der Waals surface area contributed by atoms with Gasteiger partial charge in [-0.2, -0.15) is 0 Å². The zero-order chi connectivity index (χ0) is 16.7. The molecule has 5 heteroatoms. The Bertz CT molecular complexity index is 549. The van der Waals surface area contributed by atoms with E-state index >= 15 is 0 Å². The Morgan fingerprint density at radius 2 is 2.13 bits per heavy atom. The van der Waals surface area contributed by atoms with Gasteiger partial charge in [0.1, 0.15) is 11.5 Å². The van der Waals surface area contributed by atoms with Gasteiger partial charge in [-0.25, -0.2) is 0 Å². The maximum atomic E-state index is 12.3. The molecule has 1 heterocycles. The molecule has 1 amide bonds. The first-order chi connectivity index (χ1) is 11.1. The largest absolute Gasteiger partial charge is 0.497 e. The number of rotatable bonds is 6. The summed E-state index contributed by atoms with van der Waals surface area (Å²) in [5, 5.41) is 0. The summed E-state index contributed by atoms with van der Waals surface area (Å²) in [6, 6.07) is 5.83. The number of amides is 1. The SMILES string of the molecule is CCCOc1cc(OC)ccc1/C=C/C(=O)N1CCC(N)CC1. The topological polar surface area (TPSA) is 64.8 Å². The van der Waals surface area contributed by atoms with Crippen LogP contribution in [0.15, 0.2) is 24.3 Å². The quantitative estimate of drug-likeness (QED) is 0.818. The fourth-order valence-corrected chi connectivity index (χ4v) is 2.50. The highest BCUT2D eigenvalue weighted by Crippen LogP contribution is 2.26. The summed E-state index contributed by atoms with van der Waals surface area (Å²) in [4.78, 5) is 14.1. The highest BCUT2D eigenvalue weighted by atomic mass is 16.5. The molecule has 1 aromatic rings. The third-order valence-corrected chi connectivity index (χ3v) is 3.94. The number of methoxy groups -OCH3 is 1. The molecular weight excluding hydrogens is 292 g/mol. The average molecular weight is 318 g/mol. The summed E-state index contributed by atoms with van der Waals surface area (Å²) < 4.78 is 11.0. The van der Waals surface area contributed by atoms with E-state index < -0.39 is 0 Å². The predicted octanol–water partition coefficient (Wildman–Crippen LogP) is 2.45. The van der Waals surface area contributed by atoms with Crippen molar-refractivity contribution in [3.63, 3.8) is 0 Å². The van der Waals surface area contributed by atoms with Gasteiger partial charge in [0, 0.05) is 36.8 Å². The van der Waals surface area contributed by atoms with Crippen molar-refractivity contribution >= 4 is 12.0 Å². The number of carbonyl (C=O) groups is 1. The van der Waals surface area contributed by atoms with Gasteiger partial charge in [-0.05, 0) is 37.5 Å². The number of ether oxygens (including phenoxy) is 2. The van der Waals surface area contributed by atoms with Crippen molar-refractivity contribution in [3.8, 4) is 11.5 Å². The monoisotopic (exact) mass is 318 g/mol. The van der Waals surface area contributed by atoms with E-state index in [1.807, 2.05) is 23.1 Å². The first-order valence-electron chi connectivity index (χ1n) is 8.17. The van der Waals surface area contributed by atoms with Gasteiger partial charge in [0.15, 0.2) is 0 Å². The minimum Gasteiger partial charge on any atom is -0.497 e. The number of benzene rings is 1. The highest BCUT2D eigenvalue weighted by molar-refractivity contribution is 5.92. The minimum atomic E-state index is 0.0224. The molecule has 1 fully saturated rings. The molecule has 1 saturated heterocycles. The Morgan fingerprint density at radius 3 is 2.78 bits per heavy atom. The lowest BCUT2D eigenvalue weighted by molar-refractivity contribution is -0.126.